The van der Waals surface area contributed by atoms with Crippen molar-refractivity contribution in [1.82, 2.24) is 5.32 Å². The molecule has 1 rings (SSSR count). The molecule has 0 saturated carbocycles. The first-order valence-corrected chi connectivity index (χ1v) is 3.21. The van der Waals surface area contributed by atoms with Crippen LogP contribution in [0.4, 0.5) is 0 Å². The molecule has 1 aliphatic heterocycles. The summed E-state index contributed by atoms with van der Waals surface area (Å²) in [6, 6.07) is 0. The van der Waals surface area contributed by atoms with E-state index in [1.807, 2.05) is 0 Å². The number of hydrogen-bond donors (Lipinski definition) is 1. The van der Waals surface area contributed by atoms with Crippen LogP contribution in [0.2, 0.25) is 0 Å². The number of hydrogen-bond acceptors (Lipinski definition) is 1. The Morgan fingerprint density at radius 2 is 1.38 bits per heavy atom. The van der Waals surface area contributed by atoms with Crippen LogP contribution >= 0.6 is 0 Å². The van der Waals surface area contributed by atoms with E-state index in [4.69, 9.17) is 0 Å². The predicted octanol–water partition coefficient (Wildman–Crippen LogP) is -1.73. The van der Waals surface area contributed by atoms with Crippen LogP contribution in [0.1, 0.15) is 27.1 Å². The maximum Gasteiger partial charge on any atom is 1.00 e. The van der Waals surface area contributed by atoms with Crippen LogP contribution in [0, 0.1) is 0 Å². The van der Waals surface area contributed by atoms with Crippen LogP contribution in [-0.2, 0) is 0 Å². The molecule has 44 valence electrons. The van der Waals surface area contributed by atoms with Gasteiger partial charge < -0.3 is 6.74 Å². The van der Waals surface area contributed by atoms with Crippen LogP contribution < -0.4 is 34.9 Å². The van der Waals surface area contributed by atoms with E-state index in [1.165, 1.54) is 38.8 Å². The fourth-order valence-corrected chi connectivity index (χ4v) is 0.979. The molecule has 0 spiro atoms. The van der Waals surface area contributed by atoms with Gasteiger partial charge in [0.15, 0.2) is 0 Å². The normalized spacial score (nSPS) is 21.0. The van der Waals surface area contributed by atoms with E-state index in [0.717, 1.165) is 0 Å². The molecule has 0 radical (unpaired) electrons. The first-order chi connectivity index (χ1) is 3.50. The Morgan fingerprint density at radius 1 is 0.875 bits per heavy atom. The summed E-state index contributed by atoms with van der Waals surface area (Å²) in [4.78, 5) is 0. The van der Waals surface area contributed by atoms with Gasteiger partial charge in [0.25, 0.3) is 0 Å². The first kappa shape index (κ1) is 8.96. The second kappa shape index (κ2) is 6.09. The van der Waals surface area contributed by atoms with E-state index in [2.05, 4.69) is 5.32 Å². The molecule has 0 unspecified atom stereocenters. The van der Waals surface area contributed by atoms with Crippen molar-refractivity contribution >= 4 is 0 Å². The van der Waals surface area contributed by atoms with Crippen LogP contribution in [-0.4, -0.2) is 13.1 Å². The summed E-state index contributed by atoms with van der Waals surface area (Å²) < 4.78 is 0. The Hall–Kier alpha value is 0.960. The fraction of sp³-hybridized carbons (Fsp3) is 1.00. The van der Waals surface area contributed by atoms with Gasteiger partial charge >= 0.3 is 29.6 Å². The van der Waals surface area contributed by atoms with E-state index >= 15 is 0 Å². The summed E-state index contributed by atoms with van der Waals surface area (Å²) in [5, 5.41) is 3.35. The molecule has 1 saturated heterocycles. The molecule has 1 nitrogen and oxygen atoms in total. The van der Waals surface area contributed by atoms with Gasteiger partial charge in [-0.25, -0.2) is 0 Å². The average Bonchev–Trinajstić information content (AvgIpc) is 1.90. The Kier molecular flexibility index (Phi) is 6.82. The Labute approximate surface area is 75.0 Å². The van der Waals surface area contributed by atoms with E-state index in [-0.39, 0.29) is 31.0 Å². The third kappa shape index (κ3) is 3.90. The van der Waals surface area contributed by atoms with Crippen molar-refractivity contribution in [3.8, 4) is 0 Å². The summed E-state index contributed by atoms with van der Waals surface area (Å²) in [7, 11) is 0. The number of nitrogens with one attached hydrogen (secondary N) is 1. The molecule has 1 N–H and O–H groups in total. The molecule has 1 aliphatic rings. The molecule has 2 heteroatoms. The van der Waals surface area contributed by atoms with E-state index in [9.17, 15) is 0 Å². The third-order valence-corrected chi connectivity index (χ3v) is 1.46. The minimum Gasteiger partial charge on any atom is -1.00 e. The van der Waals surface area contributed by atoms with Gasteiger partial charge in [0.1, 0.15) is 0 Å². The van der Waals surface area contributed by atoms with Gasteiger partial charge in [-0.3, -0.25) is 0 Å². The second-order valence-corrected chi connectivity index (χ2v) is 2.16. The molecular weight excluding hydrogens is 109 g/mol. The summed E-state index contributed by atoms with van der Waals surface area (Å²) in [5.41, 5.74) is 0. The zero-order valence-electron chi connectivity index (χ0n) is 6.74. The van der Waals surface area contributed by atoms with Crippen molar-refractivity contribution in [3.63, 3.8) is 0 Å². The Bertz CT molecular complexity index is 32.7. The van der Waals surface area contributed by atoms with Crippen molar-refractivity contribution in [2.24, 2.45) is 0 Å². The van der Waals surface area contributed by atoms with Crippen LogP contribution in [0.25, 0.3) is 0 Å². The van der Waals surface area contributed by atoms with Gasteiger partial charge in [0.2, 0.25) is 0 Å². The van der Waals surface area contributed by atoms with Crippen LogP contribution in [0.5, 0.6) is 0 Å². The standard InChI is InChI=1S/C6H13N.Na.H/c1-2-4-6-7-5-3-1;;/h7H,1-6H2;;/q;+1;-1. The van der Waals surface area contributed by atoms with E-state index < -0.39 is 0 Å². The van der Waals surface area contributed by atoms with E-state index in [1.54, 1.807) is 0 Å². The van der Waals surface area contributed by atoms with Crippen molar-refractivity contribution < 1.29 is 31.0 Å². The quantitative estimate of drug-likeness (QED) is 0.377. The van der Waals surface area contributed by atoms with Crippen molar-refractivity contribution in [3.05, 3.63) is 0 Å². The van der Waals surface area contributed by atoms with Crippen molar-refractivity contribution in [2.75, 3.05) is 13.1 Å². The fourth-order valence-electron chi connectivity index (χ4n) is 0.979. The molecule has 0 aliphatic carbocycles. The molecule has 0 aromatic carbocycles. The van der Waals surface area contributed by atoms with Gasteiger partial charge in [-0.2, -0.15) is 0 Å². The third-order valence-electron chi connectivity index (χ3n) is 1.46. The zero-order chi connectivity index (χ0) is 4.95. The van der Waals surface area contributed by atoms with Crippen LogP contribution in [0.3, 0.4) is 0 Å². The van der Waals surface area contributed by atoms with Crippen molar-refractivity contribution in [2.45, 2.75) is 25.7 Å². The maximum absolute atomic E-state index is 3.35. The van der Waals surface area contributed by atoms with Gasteiger partial charge in [0.05, 0.1) is 0 Å². The molecule has 8 heavy (non-hydrogen) atoms. The van der Waals surface area contributed by atoms with Gasteiger partial charge in [-0.05, 0) is 25.9 Å². The topological polar surface area (TPSA) is 12.0 Å². The molecule has 0 aromatic heterocycles. The minimum absolute atomic E-state index is 0. The molecule has 0 bridgehead atoms. The molecule has 1 fully saturated rings. The monoisotopic (exact) mass is 123 g/mol. The Balaban J connectivity index is 0. The smallest absolute Gasteiger partial charge is 1.00 e. The van der Waals surface area contributed by atoms with Gasteiger partial charge in [-0.1, -0.05) is 12.8 Å². The molecule has 1 heterocycles. The summed E-state index contributed by atoms with van der Waals surface area (Å²) in [5.74, 6) is 0. The summed E-state index contributed by atoms with van der Waals surface area (Å²) >= 11 is 0. The first-order valence-electron chi connectivity index (χ1n) is 3.21. The summed E-state index contributed by atoms with van der Waals surface area (Å²) in [6.07, 6.45) is 5.65. The summed E-state index contributed by atoms with van der Waals surface area (Å²) in [6.45, 7) is 2.50. The predicted molar refractivity (Wildman–Crippen MR) is 32.4 cm³/mol. The van der Waals surface area contributed by atoms with Crippen LogP contribution in [0.15, 0.2) is 0 Å². The van der Waals surface area contributed by atoms with Gasteiger partial charge in [0, 0.05) is 0 Å². The number of rotatable bonds is 0. The molecule has 0 atom stereocenters. The maximum atomic E-state index is 3.35. The second-order valence-electron chi connectivity index (χ2n) is 2.16. The minimum atomic E-state index is 0. The molecular formula is C6H14NNa. The van der Waals surface area contributed by atoms with Gasteiger partial charge in [-0.15, -0.1) is 0 Å². The molecule has 0 amide bonds. The van der Waals surface area contributed by atoms with E-state index in [0.29, 0.717) is 0 Å². The zero-order valence-corrected chi connectivity index (χ0v) is 7.74. The largest absolute Gasteiger partial charge is 1.00 e. The van der Waals surface area contributed by atoms with Crippen molar-refractivity contribution in [1.29, 1.82) is 0 Å². The Morgan fingerprint density at radius 3 is 1.88 bits per heavy atom. The average molecular weight is 123 g/mol. The SMILES string of the molecule is C1CCCNCC1.[H-].[Na+]. The molecule has 0 aromatic rings.